The zero-order valence-electron chi connectivity index (χ0n) is 17.5. The predicted molar refractivity (Wildman–Crippen MR) is 115 cm³/mol. The first-order valence-corrected chi connectivity index (χ1v) is 10.4. The lowest BCUT2D eigenvalue weighted by Gasteiger charge is -2.40. The number of carbonyl (C=O) groups excluding carboxylic acids is 1. The Hall–Kier alpha value is -2.95. The van der Waals surface area contributed by atoms with Crippen LogP contribution in [0.3, 0.4) is 0 Å². The van der Waals surface area contributed by atoms with Gasteiger partial charge in [0.05, 0.1) is 17.7 Å². The normalized spacial score (nSPS) is 18.8. The van der Waals surface area contributed by atoms with Crippen molar-refractivity contribution in [2.75, 3.05) is 31.6 Å². The Bertz CT molecular complexity index is 1140. The summed E-state index contributed by atoms with van der Waals surface area (Å²) in [4.78, 5) is 21.9. The number of rotatable bonds is 4. The molecule has 0 unspecified atom stereocenters. The van der Waals surface area contributed by atoms with Crippen LogP contribution in [0, 0.1) is 0 Å². The van der Waals surface area contributed by atoms with Gasteiger partial charge in [0.25, 0.3) is 5.91 Å². The number of amides is 1. The standard InChI is InChI=1S/C21H24BN5O4/c1-13-16-6-4-3-5-14(16)7-8-26(13)21(28)17-9-20(25-11-15(12-25)31-2)27-19(23-17)10-18(24-27)22(29)30/h3-6,9-10,13,15,29-30H,7-8,11-12H2,1-2H3/t13-/m1/s1. The van der Waals surface area contributed by atoms with E-state index < -0.39 is 7.12 Å². The average molecular weight is 421 g/mol. The number of hydrogen-bond donors (Lipinski definition) is 2. The van der Waals surface area contributed by atoms with Crippen LogP contribution in [0.2, 0.25) is 0 Å². The predicted octanol–water partition coefficient (Wildman–Crippen LogP) is 0.00360. The highest BCUT2D eigenvalue weighted by Gasteiger charge is 2.33. The highest BCUT2D eigenvalue weighted by Crippen LogP contribution is 2.31. The van der Waals surface area contributed by atoms with Crippen LogP contribution in [0.25, 0.3) is 5.65 Å². The molecule has 2 aliphatic heterocycles. The van der Waals surface area contributed by atoms with Crippen molar-refractivity contribution < 1.29 is 19.6 Å². The zero-order chi connectivity index (χ0) is 21.7. The third-order valence-corrected chi connectivity index (χ3v) is 6.27. The molecule has 0 spiro atoms. The van der Waals surface area contributed by atoms with Crippen molar-refractivity contribution in [1.82, 2.24) is 19.5 Å². The smallest absolute Gasteiger partial charge is 0.422 e. The lowest BCUT2D eigenvalue weighted by molar-refractivity contribution is 0.0671. The largest absolute Gasteiger partial charge is 0.510 e. The van der Waals surface area contributed by atoms with E-state index in [1.54, 1.807) is 17.7 Å². The molecule has 0 aliphatic carbocycles. The Kier molecular flexibility index (Phi) is 4.92. The number of hydrogen-bond acceptors (Lipinski definition) is 7. The van der Waals surface area contributed by atoms with E-state index in [0.717, 1.165) is 12.0 Å². The molecule has 31 heavy (non-hydrogen) atoms. The third-order valence-electron chi connectivity index (χ3n) is 6.27. The van der Waals surface area contributed by atoms with E-state index in [4.69, 9.17) is 4.74 Å². The van der Waals surface area contributed by atoms with Gasteiger partial charge < -0.3 is 24.6 Å². The molecule has 1 saturated heterocycles. The summed E-state index contributed by atoms with van der Waals surface area (Å²) < 4.78 is 6.92. The monoisotopic (exact) mass is 421 g/mol. The number of nitrogens with zero attached hydrogens (tertiary/aromatic N) is 5. The molecule has 10 heteroatoms. The van der Waals surface area contributed by atoms with Gasteiger partial charge in [-0.3, -0.25) is 4.79 Å². The van der Waals surface area contributed by atoms with Gasteiger partial charge in [-0.15, -0.1) is 0 Å². The van der Waals surface area contributed by atoms with Crippen LogP contribution >= 0.6 is 0 Å². The molecule has 1 fully saturated rings. The van der Waals surface area contributed by atoms with Crippen molar-refractivity contribution in [2.24, 2.45) is 0 Å². The fourth-order valence-corrected chi connectivity index (χ4v) is 4.41. The van der Waals surface area contributed by atoms with Gasteiger partial charge in [0.2, 0.25) is 0 Å². The fourth-order valence-electron chi connectivity index (χ4n) is 4.41. The van der Waals surface area contributed by atoms with E-state index in [1.165, 1.54) is 11.6 Å². The van der Waals surface area contributed by atoms with E-state index in [-0.39, 0.29) is 23.6 Å². The van der Waals surface area contributed by atoms with E-state index >= 15 is 0 Å². The Labute approximate surface area is 180 Å². The van der Waals surface area contributed by atoms with Gasteiger partial charge in [0, 0.05) is 38.9 Å². The number of carbonyl (C=O) groups is 1. The van der Waals surface area contributed by atoms with Crippen molar-refractivity contribution in [3.63, 3.8) is 0 Å². The molecule has 0 bridgehead atoms. The number of fused-ring (bicyclic) bond motifs is 2. The van der Waals surface area contributed by atoms with Crippen LogP contribution in [-0.4, -0.2) is 75.4 Å². The van der Waals surface area contributed by atoms with Gasteiger partial charge in [0.15, 0.2) is 5.65 Å². The van der Waals surface area contributed by atoms with E-state index in [2.05, 4.69) is 22.2 Å². The first-order valence-electron chi connectivity index (χ1n) is 10.4. The van der Waals surface area contributed by atoms with Crippen molar-refractivity contribution in [1.29, 1.82) is 0 Å². The highest BCUT2D eigenvalue weighted by molar-refractivity contribution is 6.57. The maximum absolute atomic E-state index is 13.5. The quantitative estimate of drug-likeness (QED) is 0.572. The highest BCUT2D eigenvalue weighted by atomic mass is 16.5. The molecule has 160 valence electrons. The average Bonchev–Trinajstić information content (AvgIpc) is 3.18. The molecule has 1 aromatic carbocycles. The number of methoxy groups -OCH3 is 1. The van der Waals surface area contributed by atoms with Crippen LogP contribution in [0.5, 0.6) is 0 Å². The lowest BCUT2D eigenvalue weighted by atomic mass is 9.87. The second kappa shape index (κ2) is 7.63. The molecular weight excluding hydrogens is 397 g/mol. The third kappa shape index (κ3) is 3.36. The van der Waals surface area contributed by atoms with Crippen LogP contribution < -0.4 is 10.5 Å². The van der Waals surface area contributed by atoms with Crippen LogP contribution in [0.4, 0.5) is 5.82 Å². The summed E-state index contributed by atoms with van der Waals surface area (Å²) in [5.74, 6) is 0.528. The SMILES string of the molecule is COC1CN(c2cc(C(=O)N3CCc4ccccc4[C@H]3C)nc3cc(B(O)O)nn23)C1. The van der Waals surface area contributed by atoms with Crippen molar-refractivity contribution in [2.45, 2.75) is 25.5 Å². The summed E-state index contributed by atoms with van der Waals surface area (Å²) in [6.45, 7) is 3.97. The minimum atomic E-state index is -1.71. The molecule has 1 atom stereocenters. The minimum absolute atomic E-state index is 0.0551. The van der Waals surface area contributed by atoms with Crippen molar-refractivity contribution in [3.8, 4) is 0 Å². The van der Waals surface area contributed by atoms with Crippen LogP contribution in [0.1, 0.15) is 34.6 Å². The van der Waals surface area contributed by atoms with Gasteiger partial charge in [-0.1, -0.05) is 24.3 Å². The molecule has 0 saturated carbocycles. The van der Waals surface area contributed by atoms with E-state index in [9.17, 15) is 14.8 Å². The number of ether oxygens (including phenoxy) is 1. The summed E-state index contributed by atoms with van der Waals surface area (Å²) in [7, 11) is -0.0431. The van der Waals surface area contributed by atoms with E-state index in [0.29, 0.717) is 36.8 Å². The van der Waals surface area contributed by atoms with E-state index in [1.807, 2.05) is 28.9 Å². The molecule has 2 N–H and O–H groups in total. The summed E-state index contributed by atoms with van der Waals surface area (Å²) in [5, 5.41) is 23.4. The summed E-state index contributed by atoms with van der Waals surface area (Å²) >= 11 is 0. The van der Waals surface area contributed by atoms with Gasteiger partial charge in [0.1, 0.15) is 11.5 Å². The molecule has 2 aromatic heterocycles. The first-order chi connectivity index (χ1) is 15.0. The molecule has 4 heterocycles. The maximum atomic E-state index is 13.5. The number of anilines is 1. The van der Waals surface area contributed by atoms with Crippen molar-refractivity contribution in [3.05, 3.63) is 53.2 Å². The Morgan fingerprint density at radius 3 is 2.74 bits per heavy atom. The van der Waals surface area contributed by atoms with Crippen LogP contribution in [0.15, 0.2) is 36.4 Å². The minimum Gasteiger partial charge on any atom is -0.422 e. The Morgan fingerprint density at radius 2 is 2.00 bits per heavy atom. The molecule has 1 amide bonds. The van der Waals surface area contributed by atoms with Gasteiger partial charge in [-0.25, -0.2) is 4.98 Å². The van der Waals surface area contributed by atoms with Gasteiger partial charge in [-0.05, 0) is 24.5 Å². The number of aromatic nitrogens is 3. The van der Waals surface area contributed by atoms with Crippen molar-refractivity contribution >= 4 is 30.1 Å². The Balaban J connectivity index is 1.53. The summed E-state index contributed by atoms with van der Waals surface area (Å²) in [6, 6.07) is 11.4. The Morgan fingerprint density at radius 1 is 1.23 bits per heavy atom. The molecule has 3 aromatic rings. The van der Waals surface area contributed by atoms with Gasteiger partial charge in [-0.2, -0.15) is 9.61 Å². The maximum Gasteiger partial charge on any atom is 0.510 e. The zero-order valence-corrected chi connectivity index (χ0v) is 17.5. The number of benzene rings is 1. The first kappa shape index (κ1) is 20.0. The van der Waals surface area contributed by atoms with Gasteiger partial charge >= 0.3 is 7.12 Å². The second-order valence-electron chi connectivity index (χ2n) is 8.10. The molecule has 5 rings (SSSR count). The fraction of sp³-hybridized carbons (Fsp3) is 0.381. The molecular formula is C21H24BN5O4. The van der Waals surface area contributed by atoms with Crippen LogP contribution in [-0.2, 0) is 11.2 Å². The molecule has 2 aliphatic rings. The summed E-state index contributed by atoms with van der Waals surface area (Å²) in [6.07, 6.45) is 0.913. The molecule has 0 radical (unpaired) electrons. The lowest BCUT2D eigenvalue weighted by Crippen LogP contribution is -2.52. The summed E-state index contributed by atoms with van der Waals surface area (Å²) in [5.41, 5.74) is 3.22. The molecule has 9 nitrogen and oxygen atoms in total. The second-order valence-corrected chi connectivity index (χ2v) is 8.10. The topological polar surface area (TPSA) is 103 Å².